The molecule has 1 aromatic carbocycles. The number of aliphatic hydroxyl groups is 1. The second-order valence-corrected chi connectivity index (χ2v) is 4.01. The molecule has 3 N–H and O–H groups in total. The zero-order chi connectivity index (χ0) is 12.1. The fourth-order valence-electron chi connectivity index (χ4n) is 1.80. The quantitative estimate of drug-likeness (QED) is 0.844. The molecule has 0 bridgehead atoms. The van der Waals surface area contributed by atoms with Crippen LogP contribution in [0.5, 0.6) is 0 Å². The van der Waals surface area contributed by atoms with Crippen LogP contribution in [0.4, 0.5) is 5.82 Å². The minimum Gasteiger partial charge on any atom is -0.388 e. The molecule has 1 heterocycles. The Hall–Kier alpha value is -1.87. The van der Waals surface area contributed by atoms with Gasteiger partial charge in [-0.15, -0.1) is 0 Å². The smallest absolute Gasteiger partial charge is 0.126 e. The van der Waals surface area contributed by atoms with E-state index in [0.29, 0.717) is 12.2 Å². The van der Waals surface area contributed by atoms with Crippen LogP contribution >= 0.6 is 0 Å². The highest BCUT2D eigenvalue weighted by Gasteiger charge is 2.08. The van der Waals surface area contributed by atoms with Crippen molar-refractivity contribution < 1.29 is 5.11 Å². The second kappa shape index (κ2) is 5.46. The summed E-state index contributed by atoms with van der Waals surface area (Å²) >= 11 is 0. The van der Waals surface area contributed by atoms with E-state index in [1.807, 2.05) is 42.5 Å². The predicted molar refractivity (Wildman–Crippen MR) is 68.4 cm³/mol. The predicted octanol–water partition coefficient (Wildman–Crippen LogP) is 2.33. The molecular formula is C14H16N2O. The molecule has 0 saturated heterocycles. The van der Waals surface area contributed by atoms with Crippen molar-refractivity contribution >= 4 is 5.82 Å². The summed E-state index contributed by atoms with van der Waals surface area (Å²) in [5.74, 6) is 0.549. The van der Waals surface area contributed by atoms with E-state index in [-0.39, 0.29) is 0 Å². The van der Waals surface area contributed by atoms with Crippen LogP contribution in [0.3, 0.4) is 0 Å². The molecule has 0 fully saturated rings. The monoisotopic (exact) mass is 228 g/mol. The maximum absolute atomic E-state index is 10.0. The third-order valence-corrected chi connectivity index (χ3v) is 2.80. The van der Waals surface area contributed by atoms with Crippen LogP contribution < -0.4 is 5.73 Å². The van der Waals surface area contributed by atoms with Gasteiger partial charge in [-0.2, -0.15) is 0 Å². The van der Waals surface area contributed by atoms with Crippen LogP contribution in [0.2, 0.25) is 0 Å². The summed E-state index contributed by atoms with van der Waals surface area (Å²) in [5, 5.41) is 10.0. The number of aliphatic hydroxyl groups excluding tert-OH is 1. The van der Waals surface area contributed by atoms with Gasteiger partial charge in [0.05, 0.1) is 6.10 Å². The average Bonchev–Trinajstić information content (AvgIpc) is 2.38. The summed E-state index contributed by atoms with van der Waals surface area (Å²) in [6.07, 6.45) is 2.61. The average molecular weight is 228 g/mol. The highest BCUT2D eigenvalue weighted by Crippen LogP contribution is 2.20. The van der Waals surface area contributed by atoms with Crippen molar-refractivity contribution in [1.29, 1.82) is 0 Å². The number of rotatable bonds is 4. The normalized spacial score (nSPS) is 12.3. The van der Waals surface area contributed by atoms with Gasteiger partial charge < -0.3 is 10.8 Å². The van der Waals surface area contributed by atoms with Crippen molar-refractivity contribution in [3.63, 3.8) is 0 Å². The summed E-state index contributed by atoms with van der Waals surface area (Å²) in [6, 6.07) is 13.5. The number of nitrogen functional groups attached to an aromatic ring is 1. The Labute approximate surface area is 101 Å². The third kappa shape index (κ3) is 3.04. The number of aryl methyl sites for hydroxylation is 1. The minimum absolute atomic E-state index is 0.448. The number of hydrogen-bond acceptors (Lipinski definition) is 3. The van der Waals surface area contributed by atoms with E-state index in [1.165, 1.54) is 0 Å². The lowest BCUT2D eigenvalue weighted by molar-refractivity contribution is 0.168. The fraction of sp³-hybridized carbons (Fsp3) is 0.214. The first kappa shape index (κ1) is 11.6. The van der Waals surface area contributed by atoms with Crippen molar-refractivity contribution in [2.45, 2.75) is 18.9 Å². The molecule has 88 valence electrons. The molecule has 2 rings (SSSR count). The molecule has 17 heavy (non-hydrogen) atoms. The highest BCUT2D eigenvalue weighted by molar-refractivity contribution is 5.38. The lowest BCUT2D eigenvalue weighted by Crippen LogP contribution is -2.02. The first-order chi connectivity index (χ1) is 8.27. The van der Waals surface area contributed by atoms with E-state index in [1.54, 1.807) is 6.20 Å². The first-order valence-electron chi connectivity index (χ1n) is 5.70. The van der Waals surface area contributed by atoms with Crippen LogP contribution in [-0.2, 0) is 6.42 Å². The number of nitrogens with two attached hydrogens (primary N) is 1. The molecule has 2 aromatic rings. The van der Waals surface area contributed by atoms with E-state index in [9.17, 15) is 5.11 Å². The largest absolute Gasteiger partial charge is 0.388 e. The van der Waals surface area contributed by atoms with E-state index in [4.69, 9.17) is 5.73 Å². The van der Waals surface area contributed by atoms with Crippen LogP contribution in [0.15, 0.2) is 48.7 Å². The Morgan fingerprint density at radius 2 is 1.88 bits per heavy atom. The molecule has 1 unspecified atom stereocenters. The first-order valence-corrected chi connectivity index (χ1v) is 5.70. The summed E-state index contributed by atoms with van der Waals surface area (Å²) in [4.78, 5) is 4.03. The molecule has 3 nitrogen and oxygen atoms in total. The number of aromatic nitrogens is 1. The minimum atomic E-state index is -0.448. The summed E-state index contributed by atoms with van der Waals surface area (Å²) in [7, 11) is 0. The Bertz CT molecular complexity index is 471. The lowest BCUT2D eigenvalue weighted by Gasteiger charge is -2.11. The molecule has 0 aliphatic carbocycles. The number of hydrogen-bond donors (Lipinski definition) is 2. The number of benzene rings is 1. The molecule has 0 radical (unpaired) electrons. The standard InChI is InChI=1S/C14H16N2O/c15-14-12(7-4-10-16-14)8-9-13(17)11-5-2-1-3-6-11/h1-7,10,13,17H,8-9H2,(H2,15,16). The summed E-state index contributed by atoms with van der Waals surface area (Å²) in [5.41, 5.74) is 7.68. The van der Waals surface area contributed by atoms with Gasteiger partial charge in [0.2, 0.25) is 0 Å². The summed E-state index contributed by atoms with van der Waals surface area (Å²) in [6.45, 7) is 0. The third-order valence-electron chi connectivity index (χ3n) is 2.80. The zero-order valence-electron chi connectivity index (χ0n) is 9.58. The van der Waals surface area contributed by atoms with Gasteiger partial charge in [0.25, 0.3) is 0 Å². The molecule has 1 aromatic heterocycles. The van der Waals surface area contributed by atoms with Gasteiger partial charge in [0.1, 0.15) is 5.82 Å². The SMILES string of the molecule is Nc1ncccc1CCC(O)c1ccccc1. The number of pyridine rings is 1. The molecule has 3 heteroatoms. The Morgan fingerprint density at radius 3 is 2.59 bits per heavy atom. The van der Waals surface area contributed by atoms with E-state index in [2.05, 4.69) is 4.98 Å². The van der Waals surface area contributed by atoms with Gasteiger partial charge in [-0.05, 0) is 30.0 Å². The maximum Gasteiger partial charge on any atom is 0.126 e. The van der Waals surface area contributed by atoms with Gasteiger partial charge in [0.15, 0.2) is 0 Å². The van der Waals surface area contributed by atoms with E-state index in [0.717, 1.165) is 17.5 Å². The van der Waals surface area contributed by atoms with Gasteiger partial charge in [-0.1, -0.05) is 36.4 Å². The van der Waals surface area contributed by atoms with Crippen LogP contribution in [0, 0.1) is 0 Å². The maximum atomic E-state index is 10.0. The van der Waals surface area contributed by atoms with Gasteiger partial charge >= 0.3 is 0 Å². The molecule has 0 aliphatic rings. The topological polar surface area (TPSA) is 59.1 Å². The van der Waals surface area contributed by atoms with Gasteiger partial charge in [0, 0.05) is 6.20 Å². The summed E-state index contributed by atoms with van der Waals surface area (Å²) < 4.78 is 0. The number of anilines is 1. The van der Waals surface area contributed by atoms with Crippen LogP contribution in [0.25, 0.3) is 0 Å². The fourth-order valence-corrected chi connectivity index (χ4v) is 1.80. The van der Waals surface area contributed by atoms with E-state index >= 15 is 0 Å². The molecule has 0 aliphatic heterocycles. The Kier molecular flexibility index (Phi) is 3.73. The highest BCUT2D eigenvalue weighted by atomic mass is 16.3. The van der Waals surface area contributed by atoms with Crippen LogP contribution in [-0.4, -0.2) is 10.1 Å². The van der Waals surface area contributed by atoms with Crippen molar-refractivity contribution in [1.82, 2.24) is 4.98 Å². The number of nitrogens with zero attached hydrogens (tertiary/aromatic N) is 1. The second-order valence-electron chi connectivity index (χ2n) is 4.01. The Balaban J connectivity index is 1.97. The van der Waals surface area contributed by atoms with Crippen molar-refractivity contribution in [2.24, 2.45) is 0 Å². The van der Waals surface area contributed by atoms with Gasteiger partial charge in [-0.25, -0.2) is 4.98 Å². The van der Waals surface area contributed by atoms with E-state index < -0.39 is 6.10 Å². The zero-order valence-corrected chi connectivity index (χ0v) is 9.58. The molecule has 0 spiro atoms. The Morgan fingerprint density at radius 1 is 1.12 bits per heavy atom. The van der Waals surface area contributed by atoms with Crippen molar-refractivity contribution in [3.05, 3.63) is 59.8 Å². The van der Waals surface area contributed by atoms with Crippen molar-refractivity contribution in [3.8, 4) is 0 Å². The van der Waals surface area contributed by atoms with Crippen LogP contribution in [0.1, 0.15) is 23.7 Å². The molecule has 0 saturated carbocycles. The lowest BCUT2D eigenvalue weighted by atomic mass is 10.0. The molecule has 0 amide bonds. The molecular weight excluding hydrogens is 212 g/mol. The molecule has 1 atom stereocenters. The van der Waals surface area contributed by atoms with Crippen molar-refractivity contribution in [2.75, 3.05) is 5.73 Å². The van der Waals surface area contributed by atoms with Gasteiger partial charge in [-0.3, -0.25) is 0 Å².